The number of hydrogen-bond donors (Lipinski definition) is 1. The van der Waals surface area contributed by atoms with Gasteiger partial charge in [0.15, 0.2) is 0 Å². The molecule has 144 valence electrons. The second kappa shape index (κ2) is 7.72. The van der Waals surface area contributed by atoms with Gasteiger partial charge in [-0.15, -0.1) is 0 Å². The summed E-state index contributed by atoms with van der Waals surface area (Å²) in [5, 5.41) is 0. The Morgan fingerprint density at radius 1 is 1.26 bits per heavy atom. The van der Waals surface area contributed by atoms with E-state index in [0.717, 1.165) is 62.0 Å². The SMILES string of the molecule is COc1ccc(CN2CCc3nc(N4CCCC(C)C4)[nH]c(=O)c3C2)cc1. The topological polar surface area (TPSA) is 61.5 Å². The zero-order chi connectivity index (χ0) is 18.8. The average molecular weight is 368 g/mol. The lowest BCUT2D eigenvalue weighted by atomic mass is 10.0. The maximum absolute atomic E-state index is 12.7. The van der Waals surface area contributed by atoms with Crippen LogP contribution in [-0.4, -0.2) is 41.6 Å². The highest BCUT2D eigenvalue weighted by Crippen LogP contribution is 2.22. The number of benzene rings is 1. The summed E-state index contributed by atoms with van der Waals surface area (Å²) in [6.45, 7) is 6.63. The summed E-state index contributed by atoms with van der Waals surface area (Å²) in [4.78, 5) is 25.1. The standard InChI is InChI=1S/C21H28N4O2/c1-15-4-3-10-25(12-15)21-22-19-9-11-24(14-18(19)20(26)23-21)13-16-5-7-17(27-2)8-6-16/h5-8,15H,3-4,9-14H2,1-2H3,(H,22,23,26). The lowest BCUT2D eigenvalue weighted by molar-refractivity contribution is 0.241. The minimum absolute atomic E-state index is 0.0210. The molecule has 6 nitrogen and oxygen atoms in total. The fourth-order valence-corrected chi connectivity index (χ4v) is 4.12. The largest absolute Gasteiger partial charge is 0.497 e. The third kappa shape index (κ3) is 4.00. The van der Waals surface area contributed by atoms with Crippen molar-refractivity contribution in [3.63, 3.8) is 0 Å². The Kier molecular flexibility index (Phi) is 5.16. The van der Waals surface area contributed by atoms with Crippen LogP contribution in [0.4, 0.5) is 5.95 Å². The van der Waals surface area contributed by atoms with Gasteiger partial charge in [-0.05, 0) is 36.5 Å². The first kappa shape index (κ1) is 18.0. The number of methoxy groups -OCH3 is 1. The first-order chi connectivity index (χ1) is 13.1. The van der Waals surface area contributed by atoms with E-state index in [9.17, 15) is 4.79 Å². The highest BCUT2D eigenvalue weighted by molar-refractivity contribution is 5.35. The van der Waals surface area contributed by atoms with Crippen LogP contribution in [0.15, 0.2) is 29.1 Å². The van der Waals surface area contributed by atoms with E-state index in [1.165, 1.54) is 12.0 Å². The summed E-state index contributed by atoms with van der Waals surface area (Å²) in [5.74, 6) is 2.27. The molecular formula is C21H28N4O2. The van der Waals surface area contributed by atoms with Crippen molar-refractivity contribution in [1.82, 2.24) is 14.9 Å². The van der Waals surface area contributed by atoms with Crippen LogP contribution < -0.4 is 15.2 Å². The number of ether oxygens (including phenoxy) is 1. The second-order valence-electron chi connectivity index (χ2n) is 7.82. The first-order valence-corrected chi connectivity index (χ1v) is 9.84. The number of aromatic nitrogens is 2. The van der Waals surface area contributed by atoms with E-state index in [0.29, 0.717) is 12.5 Å². The number of nitrogens with one attached hydrogen (secondary N) is 1. The van der Waals surface area contributed by atoms with Gasteiger partial charge in [0.05, 0.1) is 18.4 Å². The van der Waals surface area contributed by atoms with Crippen LogP contribution in [0.1, 0.15) is 36.6 Å². The molecule has 1 atom stereocenters. The van der Waals surface area contributed by atoms with Gasteiger partial charge in [0, 0.05) is 39.1 Å². The highest BCUT2D eigenvalue weighted by atomic mass is 16.5. The van der Waals surface area contributed by atoms with Gasteiger partial charge in [-0.2, -0.15) is 0 Å². The Morgan fingerprint density at radius 3 is 2.81 bits per heavy atom. The molecule has 2 aliphatic heterocycles. The van der Waals surface area contributed by atoms with Gasteiger partial charge in [0.25, 0.3) is 5.56 Å². The molecule has 1 aromatic carbocycles. The van der Waals surface area contributed by atoms with Gasteiger partial charge in [-0.1, -0.05) is 19.1 Å². The number of rotatable bonds is 4. The molecule has 3 heterocycles. The van der Waals surface area contributed by atoms with Gasteiger partial charge in [0.2, 0.25) is 5.95 Å². The zero-order valence-electron chi connectivity index (χ0n) is 16.2. The Morgan fingerprint density at radius 2 is 2.07 bits per heavy atom. The van der Waals surface area contributed by atoms with Crippen LogP contribution in [-0.2, 0) is 19.5 Å². The number of hydrogen-bond acceptors (Lipinski definition) is 5. The first-order valence-electron chi connectivity index (χ1n) is 9.84. The molecule has 1 saturated heterocycles. The molecule has 0 amide bonds. The molecule has 0 radical (unpaired) electrons. The molecule has 2 aliphatic rings. The van der Waals surface area contributed by atoms with E-state index < -0.39 is 0 Å². The fourth-order valence-electron chi connectivity index (χ4n) is 4.12. The lowest BCUT2D eigenvalue weighted by Gasteiger charge is -2.33. The van der Waals surface area contributed by atoms with Crippen LogP contribution in [0.3, 0.4) is 0 Å². The fraction of sp³-hybridized carbons (Fsp3) is 0.524. The third-order valence-electron chi connectivity index (χ3n) is 5.66. The van der Waals surface area contributed by atoms with E-state index in [4.69, 9.17) is 9.72 Å². The Balaban J connectivity index is 1.48. The Labute approximate surface area is 160 Å². The number of anilines is 1. The zero-order valence-corrected chi connectivity index (χ0v) is 16.2. The summed E-state index contributed by atoms with van der Waals surface area (Å²) in [5.41, 5.74) is 3.04. The molecule has 0 bridgehead atoms. The summed E-state index contributed by atoms with van der Waals surface area (Å²) in [6.07, 6.45) is 3.25. The smallest absolute Gasteiger partial charge is 0.257 e. The van der Waals surface area contributed by atoms with Crippen molar-refractivity contribution in [3.8, 4) is 5.75 Å². The number of aromatic amines is 1. The van der Waals surface area contributed by atoms with Crippen molar-refractivity contribution in [2.45, 2.75) is 39.3 Å². The molecular weight excluding hydrogens is 340 g/mol. The molecule has 4 rings (SSSR count). The molecule has 27 heavy (non-hydrogen) atoms. The van der Waals surface area contributed by atoms with Gasteiger partial charge >= 0.3 is 0 Å². The van der Waals surface area contributed by atoms with Crippen LogP contribution >= 0.6 is 0 Å². The average Bonchev–Trinajstić information content (AvgIpc) is 2.69. The van der Waals surface area contributed by atoms with Crippen molar-refractivity contribution < 1.29 is 4.74 Å². The number of fused-ring (bicyclic) bond motifs is 1. The minimum Gasteiger partial charge on any atom is -0.497 e. The quantitative estimate of drug-likeness (QED) is 0.899. The Hall–Kier alpha value is -2.34. The summed E-state index contributed by atoms with van der Waals surface area (Å²) >= 11 is 0. The van der Waals surface area contributed by atoms with E-state index in [2.05, 4.69) is 33.8 Å². The summed E-state index contributed by atoms with van der Waals surface area (Å²) in [7, 11) is 1.68. The number of nitrogens with zero attached hydrogens (tertiary/aromatic N) is 3. The summed E-state index contributed by atoms with van der Waals surface area (Å²) < 4.78 is 5.22. The molecule has 2 aromatic rings. The normalized spacial score (nSPS) is 20.4. The lowest BCUT2D eigenvalue weighted by Crippen LogP contribution is -2.39. The second-order valence-corrected chi connectivity index (χ2v) is 7.82. The molecule has 1 N–H and O–H groups in total. The molecule has 6 heteroatoms. The predicted octanol–water partition coefficient (Wildman–Crippen LogP) is 2.57. The third-order valence-corrected chi connectivity index (χ3v) is 5.66. The summed E-state index contributed by atoms with van der Waals surface area (Å²) in [6, 6.07) is 8.12. The number of H-pyrrole nitrogens is 1. The van der Waals surface area contributed by atoms with Crippen molar-refractivity contribution in [2.24, 2.45) is 5.92 Å². The minimum atomic E-state index is 0.0210. The van der Waals surface area contributed by atoms with E-state index >= 15 is 0 Å². The van der Waals surface area contributed by atoms with Crippen molar-refractivity contribution in [2.75, 3.05) is 31.6 Å². The Bertz CT molecular complexity index is 846. The van der Waals surface area contributed by atoms with Crippen molar-refractivity contribution >= 4 is 5.95 Å². The van der Waals surface area contributed by atoms with Crippen LogP contribution in [0.2, 0.25) is 0 Å². The maximum atomic E-state index is 12.7. The molecule has 1 fully saturated rings. The van der Waals surface area contributed by atoms with Crippen molar-refractivity contribution in [1.29, 1.82) is 0 Å². The number of piperidine rings is 1. The predicted molar refractivity (Wildman–Crippen MR) is 106 cm³/mol. The van der Waals surface area contributed by atoms with Gasteiger partial charge in [0.1, 0.15) is 5.75 Å². The monoisotopic (exact) mass is 368 g/mol. The van der Waals surface area contributed by atoms with Gasteiger partial charge in [-0.25, -0.2) is 4.98 Å². The molecule has 1 unspecified atom stereocenters. The molecule has 0 aliphatic carbocycles. The molecule has 1 aromatic heterocycles. The van der Waals surface area contributed by atoms with E-state index in [1.807, 2.05) is 12.1 Å². The van der Waals surface area contributed by atoms with Gasteiger partial charge in [-0.3, -0.25) is 14.7 Å². The highest BCUT2D eigenvalue weighted by Gasteiger charge is 2.24. The molecule has 0 spiro atoms. The van der Waals surface area contributed by atoms with Crippen LogP contribution in [0.25, 0.3) is 0 Å². The maximum Gasteiger partial charge on any atom is 0.257 e. The molecule has 0 saturated carbocycles. The van der Waals surface area contributed by atoms with Gasteiger partial charge < -0.3 is 9.64 Å². The van der Waals surface area contributed by atoms with E-state index in [1.54, 1.807) is 7.11 Å². The van der Waals surface area contributed by atoms with E-state index in [-0.39, 0.29) is 5.56 Å². The van der Waals surface area contributed by atoms with Crippen molar-refractivity contribution in [3.05, 3.63) is 51.4 Å². The van der Waals surface area contributed by atoms with Crippen LogP contribution in [0.5, 0.6) is 5.75 Å². The van der Waals surface area contributed by atoms with Crippen LogP contribution in [0, 0.1) is 5.92 Å².